The minimum Gasteiger partial charge on any atom is -0.444 e. The minimum absolute atomic E-state index is 0.370. The fraction of sp³-hybridized carbons (Fsp3) is 0.250. The Balaban J connectivity index is 1.50. The summed E-state index contributed by atoms with van der Waals surface area (Å²) < 4.78 is 5.74. The summed E-state index contributed by atoms with van der Waals surface area (Å²) in [6.45, 7) is 4.82. The molecule has 0 fully saturated rings. The van der Waals surface area contributed by atoms with E-state index in [9.17, 15) is 0 Å². The Morgan fingerprint density at radius 2 is 1.91 bits per heavy atom. The molecule has 0 saturated heterocycles. The largest absolute Gasteiger partial charge is 0.444 e. The van der Waals surface area contributed by atoms with Gasteiger partial charge in [0.15, 0.2) is 0 Å². The molecule has 0 bridgehead atoms. The number of hydrogen-bond donors (Lipinski definition) is 1. The third kappa shape index (κ3) is 2.63. The number of nitrogens with zero attached hydrogens (tertiary/aromatic N) is 1. The van der Waals surface area contributed by atoms with E-state index in [-0.39, 0.29) is 0 Å². The highest BCUT2D eigenvalue weighted by molar-refractivity contribution is 5.78. The second-order valence-electron chi connectivity index (χ2n) is 6.37. The second-order valence-corrected chi connectivity index (χ2v) is 6.37. The first-order chi connectivity index (χ1) is 11.2. The van der Waals surface area contributed by atoms with Crippen LogP contribution in [0.1, 0.15) is 42.5 Å². The summed E-state index contributed by atoms with van der Waals surface area (Å²) in [5.74, 6) is 2.04. The lowest BCUT2D eigenvalue weighted by molar-refractivity contribution is 0.445. The second kappa shape index (κ2) is 5.58. The van der Waals surface area contributed by atoms with Crippen LogP contribution in [0.4, 0.5) is 5.69 Å². The zero-order valence-corrected chi connectivity index (χ0v) is 13.5. The van der Waals surface area contributed by atoms with E-state index in [0.717, 1.165) is 23.8 Å². The van der Waals surface area contributed by atoms with Crippen LogP contribution in [-0.2, 0) is 13.0 Å². The Hall–Kier alpha value is -2.55. The summed E-state index contributed by atoms with van der Waals surface area (Å²) in [5, 5.41) is 3.41. The van der Waals surface area contributed by atoms with Crippen LogP contribution in [0.2, 0.25) is 0 Å². The topological polar surface area (TPSA) is 38.1 Å². The van der Waals surface area contributed by atoms with E-state index >= 15 is 0 Å². The summed E-state index contributed by atoms with van der Waals surface area (Å²) in [7, 11) is 0. The van der Waals surface area contributed by atoms with E-state index < -0.39 is 0 Å². The number of hydrogen-bond acceptors (Lipinski definition) is 3. The molecule has 3 heteroatoms. The van der Waals surface area contributed by atoms with Crippen molar-refractivity contribution in [3.8, 4) is 11.1 Å². The molecule has 0 amide bonds. The highest BCUT2D eigenvalue weighted by Crippen LogP contribution is 2.37. The molecule has 0 spiro atoms. The van der Waals surface area contributed by atoms with Crippen LogP contribution in [0.25, 0.3) is 11.1 Å². The normalized spacial score (nSPS) is 12.3. The van der Waals surface area contributed by atoms with Gasteiger partial charge >= 0.3 is 0 Å². The van der Waals surface area contributed by atoms with E-state index in [0.29, 0.717) is 12.5 Å². The smallest absolute Gasteiger partial charge is 0.213 e. The number of anilines is 1. The van der Waals surface area contributed by atoms with Gasteiger partial charge in [-0.2, -0.15) is 0 Å². The zero-order chi connectivity index (χ0) is 15.8. The van der Waals surface area contributed by atoms with E-state index in [1.54, 1.807) is 0 Å². The fourth-order valence-corrected chi connectivity index (χ4v) is 3.11. The quantitative estimate of drug-likeness (QED) is 0.577. The number of rotatable bonds is 4. The highest BCUT2D eigenvalue weighted by atomic mass is 16.4. The Labute approximate surface area is 136 Å². The Bertz CT molecular complexity index is 848. The lowest BCUT2D eigenvalue weighted by atomic mass is 10.1. The van der Waals surface area contributed by atoms with Gasteiger partial charge in [-0.15, -0.1) is 0 Å². The molecule has 1 N–H and O–H groups in total. The van der Waals surface area contributed by atoms with Gasteiger partial charge in [-0.25, -0.2) is 4.98 Å². The molecular formula is C20H20N2O. The van der Waals surface area contributed by atoms with Crippen molar-refractivity contribution in [3.63, 3.8) is 0 Å². The lowest BCUT2D eigenvalue weighted by Crippen LogP contribution is -2.00. The molecule has 0 atom stereocenters. The third-order valence-corrected chi connectivity index (χ3v) is 4.38. The van der Waals surface area contributed by atoms with Crippen molar-refractivity contribution in [1.29, 1.82) is 0 Å². The van der Waals surface area contributed by atoms with Gasteiger partial charge in [0.05, 0.1) is 12.7 Å². The molecule has 23 heavy (non-hydrogen) atoms. The maximum atomic E-state index is 5.74. The van der Waals surface area contributed by atoms with E-state index in [4.69, 9.17) is 4.42 Å². The van der Waals surface area contributed by atoms with Crippen molar-refractivity contribution < 1.29 is 4.42 Å². The standard InChI is InChI=1S/C20H20N2O/c1-13(2)19-11-22-20(23-19)12-21-16-7-8-18-15(10-16)9-14-5-3-4-6-17(14)18/h3-8,10-11,13,21H,9,12H2,1-2H3. The molecule has 1 aliphatic rings. The first kappa shape index (κ1) is 14.1. The van der Waals surface area contributed by atoms with Crippen molar-refractivity contribution in [2.24, 2.45) is 0 Å². The van der Waals surface area contributed by atoms with Crippen molar-refractivity contribution in [2.75, 3.05) is 5.32 Å². The van der Waals surface area contributed by atoms with Crippen LogP contribution < -0.4 is 5.32 Å². The van der Waals surface area contributed by atoms with Crippen LogP contribution in [-0.4, -0.2) is 4.98 Å². The van der Waals surface area contributed by atoms with Gasteiger partial charge in [0, 0.05) is 11.6 Å². The van der Waals surface area contributed by atoms with Crippen molar-refractivity contribution >= 4 is 5.69 Å². The number of fused-ring (bicyclic) bond motifs is 3. The monoisotopic (exact) mass is 304 g/mol. The van der Waals surface area contributed by atoms with Gasteiger partial charge in [0.25, 0.3) is 0 Å². The summed E-state index contributed by atoms with van der Waals surface area (Å²) in [5.41, 5.74) is 6.62. The Morgan fingerprint density at radius 1 is 1.09 bits per heavy atom. The van der Waals surface area contributed by atoms with Crippen LogP contribution in [0.5, 0.6) is 0 Å². The first-order valence-corrected chi connectivity index (χ1v) is 8.10. The van der Waals surface area contributed by atoms with Crippen LogP contribution >= 0.6 is 0 Å². The molecular weight excluding hydrogens is 284 g/mol. The number of nitrogens with one attached hydrogen (secondary N) is 1. The molecule has 3 nitrogen and oxygen atoms in total. The number of oxazole rings is 1. The average molecular weight is 304 g/mol. The van der Waals surface area contributed by atoms with Crippen LogP contribution in [0.3, 0.4) is 0 Å². The predicted molar refractivity (Wildman–Crippen MR) is 92.6 cm³/mol. The highest BCUT2D eigenvalue weighted by Gasteiger charge is 2.17. The maximum absolute atomic E-state index is 5.74. The SMILES string of the molecule is CC(C)c1cnc(CNc2ccc3c(c2)Cc2ccccc2-3)o1. The molecule has 0 radical (unpaired) electrons. The fourth-order valence-electron chi connectivity index (χ4n) is 3.11. The van der Waals surface area contributed by atoms with Gasteiger partial charge in [0.1, 0.15) is 5.76 Å². The summed E-state index contributed by atoms with van der Waals surface area (Å²) in [4.78, 5) is 4.33. The molecule has 0 aliphatic heterocycles. The van der Waals surface area contributed by atoms with E-state index in [2.05, 4.69) is 66.6 Å². The van der Waals surface area contributed by atoms with Gasteiger partial charge in [0.2, 0.25) is 5.89 Å². The summed E-state index contributed by atoms with van der Waals surface area (Å²) >= 11 is 0. The molecule has 1 aromatic heterocycles. The van der Waals surface area contributed by atoms with Crippen molar-refractivity contribution in [1.82, 2.24) is 4.98 Å². The average Bonchev–Trinajstić information content (AvgIpc) is 3.17. The van der Waals surface area contributed by atoms with Crippen LogP contribution in [0.15, 0.2) is 53.1 Å². The van der Waals surface area contributed by atoms with Gasteiger partial charge in [-0.3, -0.25) is 0 Å². The molecule has 0 saturated carbocycles. The minimum atomic E-state index is 0.370. The van der Waals surface area contributed by atoms with Gasteiger partial charge < -0.3 is 9.73 Å². The summed E-state index contributed by atoms with van der Waals surface area (Å²) in [6, 6.07) is 15.2. The van der Waals surface area contributed by atoms with Gasteiger partial charge in [-0.1, -0.05) is 44.2 Å². The molecule has 3 aromatic rings. The van der Waals surface area contributed by atoms with E-state index in [1.165, 1.54) is 22.3 Å². The van der Waals surface area contributed by atoms with Gasteiger partial charge in [-0.05, 0) is 40.8 Å². The van der Waals surface area contributed by atoms with E-state index in [1.807, 2.05) is 6.20 Å². The Morgan fingerprint density at radius 3 is 2.74 bits per heavy atom. The lowest BCUT2D eigenvalue weighted by Gasteiger charge is -2.07. The first-order valence-electron chi connectivity index (χ1n) is 8.10. The van der Waals surface area contributed by atoms with Crippen molar-refractivity contribution in [2.45, 2.75) is 32.7 Å². The molecule has 0 unspecified atom stereocenters. The summed E-state index contributed by atoms with van der Waals surface area (Å²) in [6.07, 6.45) is 2.83. The third-order valence-electron chi connectivity index (χ3n) is 4.38. The molecule has 1 heterocycles. The van der Waals surface area contributed by atoms with Crippen molar-refractivity contribution in [3.05, 3.63) is 71.4 Å². The molecule has 1 aliphatic carbocycles. The number of aromatic nitrogens is 1. The molecule has 2 aromatic carbocycles. The Kier molecular flexibility index (Phi) is 3.41. The molecule has 116 valence electrons. The molecule has 4 rings (SSSR count). The number of benzene rings is 2. The zero-order valence-electron chi connectivity index (χ0n) is 13.5. The maximum Gasteiger partial charge on any atom is 0.213 e. The predicted octanol–water partition coefficient (Wildman–Crippen LogP) is 4.98. The van der Waals surface area contributed by atoms with Crippen LogP contribution in [0, 0.1) is 0 Å².